The van der Waals surface area contributed by atoms with E-state index >= 15 is 0 Å². The average Bonchev–Trinajstić information content (AvgIpc) is 2.54. The van der Waals surface area contributed by atoms with Crippen molar-refractivity contribution in [2.24, 2.45) is 4.99 Å². The number of pyridine rings is 1. The average molecular weight is 531 g/mol. The van der Waals surface area contributed by atoms with Crippen LogP contribution in [0.2, 0.25) is 0 Å². The van der Waals surface area contributed by atoms with E-state index in [4.69, 9.17) is 22.4 Å². The number of para-hydroxylation sites is 1. The van der Waals surface area contributed by atoms with Gasteiger partial charge in [0, 0.05) is 6.20 Å². The van der Waals surface area contributed by atoms with E-state index in [-0.39, 0.29) is 0 Å². The van der Waals surface area contributed by atoms with Crippen LogP contribution in [0.3, 0.4) is 0 Å². The fourth-order valence-electron chi connectivity index (χ4n) is 2.44. The molecule has 6 heteroatoms. The fraction of sp³-hybridized carbons (Fsp3) is 0.368. The molecule has 0 atom stereocenters. The maximum atomic E-state index is 5.02. The molecule has 2 nitrogen and oxygen atoms in total. The summed E-state index contributed by atoms with van der Waals surface area (Å²) in [5.41, 5.74) is 5.62. The summed E-state index contributed by atoms with van der Waals surface area (Å²) >= 11 is -2.24. The van der Waals surface area contributed by atoms with Crippen LogP contribution in [-0.4, -0.2) is 10.7 Å². The monoisotopic (exact) mass is 527 g/mol. The summed E-state index contributed by atoms with van der Waals surface area (Å²) in [5.74, 6) is 16.0. The van der Waals surface area contributed by atoms with Gasteiger partial charge in [0.25, 0.3) is 0 Å². The molecule has 1 aromatic carbocycles. The van der Waals surface area contributed by atoms with E-state index in [9.17, 15) is 0 Å². The molecule has 25 heavy (non-hydrogen) atoms. The molecule has 0 fully saturated rings. The molecule has 0 bridgehead atoms. The molecular weight excluding hydrogens is 507 g/mol. The number of aromatic nitrogens is 1. The van der Waals surface area contributed by atoms with Gasteiger partial charge >= 0.3 is 47.3 Å². The summed E-state index contributed by atoms with van der Waals surface area (Å²) < 4.78 is 0. The van der Waals surface area contributed by atoms with Gasteiger partial charge in [-0.1, -0.05) is 52.0 Å². The molecule has 1 aromatic heterocycles. The Morgan fingerprint density at radius 2 is 1.44 bits per heavy atom. The zero-order valence-electron chi connectivity index (χ0n) is 15.2. The standard InChI is InChI=1S/C19H24N2.3ClH.Nd/c1-13(2)16-9-8-10-17(14(3)4)19(16)21-15(5)18-11-6-7-12-20-18;;;;/h6-14H,1-5H3;3*1H;/q;;;;+3/p-3. The van der Waals surface area contributed by atoms with Crippen molar-refractivity contribution in [3.05, 3.63) is 59.4 Å². The zero-order chi connectivity index (χ0) is 19.0. The van der Waals surface area contributed by atoms with Crippen LogP contribution in [0.1, 0.15) is 63.3 Å². The van der Waals surface area contributed by atoms with Crippen LogP contribution >= 0.6 is 17.4 Å². The third-order valence-electron chi connectivity index (χ3n) is 3.66. The fourth-order valence-corrected chi connectivity index (χ4v) is 2.44. The van der Waals surface area contributed by atoms with Gasteiger partial charge in [0.15, 0.2) is 0 Å². The molecule has 2 rings (SSSR count). The van der Waals surface area contributed by atoms with E-state index in [1.165, 1.54) is 11.1 Å². The first kappa shape index (κ1) is 23.3. The van der Waals surface area contributed by atoms with Crippen molar-refractivity contribution in [2.45, 2.75) is 46.5 Å². The second-order valence-electron chi connectivity index (χ2n) is 6.22. The van der Waals surface area contributed by atoms with Gasteiger partial charge in [-0.15, -0.1) is 0 Å². The van der Waals surface area contributed by atoms with E-state index in [1.54, 1.807) is 0 Å². The van der Waals surface area contributed by atoms with Gasteiger partial charge in [-0.05, 0) is 42.0 Å². The van der Waals surface area contributed by atoms with Crippen LogP contribution < -0.4 is 0 Å². The van der Waals surface area contributed by atoms with Gasteiger partial charge in [-0.3, -0.25) is 9.98 Å². The number of rotatable bonds is 4. The second kappa shape index (κ2) is 11.9. The van der Waals surface area contributed by atoms with Crippen molar-refractivity contribution in [3.63, 3.8) is 0 Å². The number of nitrogens with zero attached hydrogens (tertiary/aromatic N) is 2. The molecule has 2 aromatic rings. The topological polar surface area (TPSA) is 25.2 Å². The van der Waals surface area contributed by atoms with E-state index in [0.29, 0.717) is 11.8 Å². The van der Waals surface area contributed by atoms with Gasteiger partial charge in [0.05, 0.1) is 17.1 Å². The molecule has 0 amide bonds. The first-order valence-electron chi connectivity index (χ1n) is 8.17. The number of halogens is 3. The van der Waals surface area contributed by atoms with Gasteiger partial charge in [0.1, 0.15) is 0 Å². The van der Waals surface area contributed by atoms with Crippen molar-refractivity contribution in [2.75, 3.05) is 0 Å². The summed E-state index contributed by atoms with van der Waals surface area (Å²) in [6.45, 7) is 10.9. The van der Waals surface area contributed by atoms with E-state index in [0.717, 1.165) is 17.1 Å². The van der Waals surface area contributed by atoms with Crippen LogP contribution in [-0.2, 0) is 0 Å². The first-order valence-corrected chi connectivity index (χ1v) is 20.2. The third kappa shape index (κ3) is 8.21. The first-order chi connectivity index (χ1) is 11.7. The number of benzene rings is 1. The third-order valence-corrected chi connectivity index (χ3v) is 3.66. The number of hydrogen-bond acceptors (Lipinski definition) is 2. The Morgan fingerprint density at radius 3 is 1.84 bits per heavy atom. The maximum absolute atomic E-state index is 5.02. The molecule has 0 spiro atoms. The minimum atomic E-state index is -2.24. The summed E-state index contributed by atoms with van der Waals surface area (Å²) in [7, 11) is 0. The Kier molecular flexibility index (Phi) is 11.1. The Balaban J connectivity index is 0.000000705. The van der Waals surface area contributed by atoms with Crippen molar-refractivity contribution in [3.8, 4) is 0 Å². The van der Waals surface area contributed by atoms with E-state index in [1.807, 2.05) is 31.3 Å². The van der Waals surface area contributed by atoms with Crippen LogP contribution in [0.15, 0.2) is 47.6 Å². The summed E-state index contributed by atoms with van der Waals surface area (Å²) in [4.78, 5) is 9.32. The van der Waals surface area contributed by atoms with Crippen LogP contribution in [0.4, 0.5) is 5.69 Å². The molecule has 0 aliphatic heterocycles. The molecule has 0 aliphatic rings. The molecule has 0 radical (unpaired) electrons. The van der Waals surface area contributed by atoms with Gasteiger partial charge in [-0.25, -0.2) is 0 Å². The quantitative estimate of drug-likeness (QED) is 0.375. The van der Waals surface area contributed by atoms with Crippen molar-refractivity contribution in [1.29, 1.82) is 0 Å². The summed E-state index contributed by atoms with van der Waals surface area (Å²) in [5, 5.41) is 0. The van der Waals surface area contributed by atoms with Crippen molar-refractivity contribution < 1.29 is 29.9 Å². The van der Waals surface area contributed by atoms with E-state index in [2.05, 4.69) is 50.9 Å². The normalized spacial score (nSPS) is 11.4. The molecule has 0 saturated carbocycles. The minimum absolute atomic E-state index is 0.457. The molecule has 135 valence electrons. The second-order valence-corrected chi connectivity index (χ2v) is 20.3. The van der Waals surface area contributed by atoms with Crippen LogP contribution in [0.5, 0.6) is 0 Å². The van der Waals surface area contributed by atoms with Crippen LogP contribution in [0, 0.1) is 29.9 Å². The predicted molar refractivity (Wildman–Crippen MR) is 108 cm³/mol. The van der Waals surface area contributed by atoms with Gasteiger partial charge < -0.3 is 0 Å². The number of aliphatic imine (C=N–C) groups is 1. The molecule has 0 aliphatic carbocycles. The molecule has 0 N–H and O–H groups in total. The Bertz CT molecular complexity index is 657. The SMILES string of the molecule is CC(=Nc1c(C(C)C)cccc1C(C)C)c1ccccn1.[Cl][Nd]([Cl])[Cl]. The summed E-state index contributed by atoms with van der Waals surface area (Å²) in [6.07, 6.45) is 1.81. The van der Waals surface area contributed by atoms with E-state index < -0.39 is 29.9 Å². The molecule has 0 saturated heterocycles. The predicted octanol–water partition coefficient (Wildman–Crippen LogP) is 7.54. The molecule has 0 unspecified atom stereocenters. The number of hydrogen-bond donors (Lipinski definition) is 0. The Morgan fingerprint density at radius 1 is 0.920 bits per heavy atom. The van der Waals surface area contributed by atoms with Gasteiger partial charge in [0.2, 0.25) is 0 Å². The van der Waals surface area contributed by atoms with Crippen molar-refractivity contribution >= 4 is 28.8 Å². The Labute approximate surface area is 172 Å². The molecule has 1 heterocycles. The summed E-state index contributed by atoms with van der Waals surface area (Å²) in [6, 6.07) is 12.4. The van der Waals surface area contributed by atoms with Crippen LogP contribution in [0.25, 0.3) is 0 Å². The zero-order valence-corrected chi connectivity index (χ0v) is 20.7. The molecular formula is C19H24Cl3N2Nd. The Hall–Kier alpha value is 0.261. The van der Waals surface area contributed by atoms with Crippen molar-refractivity contribution in [1.82, 2.24) is 4.98 Å². The van der Waals surface area contributed by atoms with Gasteiger partial charge in [-0.2, -0.15) is 0 Å².